The van der Waals surface area contributed by atoms with Gasteiger partial charge in [0, 0.05) is 10.8 Å². The van der Waals surface area contributed by atoms with E-state index < -0.39 is 11.2 Å². The van der Waals surface area contributed by atoms with E-state index in [1.165, 1.54) is 11.8 Å². The second kappa shape index (κ2) is 4.82. The molecule has 1 saturated heterocycles. The third-order valence-electron chi connectivity index (χ3n) is 4.10. The van der Waals surface area contributed by atoms with E-state index in [1.807, 2.05) is 31.2 Å². The van der Waals surface area contributed by atoms with Crippen LogP contribution in [0, 0.1) is 12.8 Å². The summed E-state index contributed by atoms with van der Waals surface area (Å²) in [5, 5.41) is 2.66. The number of hydrogen-bond acceptors (Lipinski definition) is 5. The number of hydrogen-bond donors (Lipinski definition) is 2. The Labute approximate surface area is 134 Å². The fraction of sp³-hybridized carbons (Fsp3) is 0.267. The molecule has 0 saturated carbocycles. The monoisotopic (exact) mass is 332 g/mol. The van der Waals surface area contributed by atoms with Gasteiger partial charge in [0.15, 0.2) is 0 Å². The first kappa shape index (κ1) is 13.8. The molecule has 3 heterocycles. The van der Waals surface area contributed by atoms with Crippen molar-refractivity contribution in [3.8, 4) is 0 Å². The molecule has 22 heavy (non-hydrogen) atoms. The van der Waals surface area contributed by atoms with E-state index in [0.29, 0.717) is 5.03 Å². The lowest BCUT2D eigenvalue weighted by molar-refractivity contribution is -0.125. The SMILES string of the molecule is Cc1ccc([C@H]2c3sc(=O)[nH]c3S[C@H]3C(=O)NC(=O)[C@H]23)cc1. The minimum absolute atomic E-state index is 0.151. The highest BCUT2D eigenvalue weighted by atomic mass is 32.2. The van der Waals surface area contributed by atoms with Crippen molar-refractivity contribution in [2.75, 3.05) is 0 Å². The van der Waals surface area contributed by atoms with Gasteiger partial charge in [-0.1, -0.05) is 52.9 Å². The zero-order valence-corrected chi connectivity index (χ0v) is 13.2. The highest BCUT2D eigenvalue weighted by molar-refractivity contribution is 8.00. The number of aromatic amines is 1. The van der Waals surface area contributed by atoms with Gasteiger partial charge in [0.1, 0.15) is 5.25 Å². The Balaban J connectivity index is 1.91. The number of amides is 2. The Morgan fingerprint density at radius 3 is 2.50 bits per heavy atom. The normalized spacial score (nSPS) is 26.5. The molecule has 4 rings (SSSR count). The molecule has 2 aliphatic heterocycles. The van der Waals surface area contributed by atoms with Crippen LogP contribution in [-0.2, 0) is 9.59 Å². The van der Waals surface area contributed by atoms with E-state index >= 15 is 0 Å². The molecule has 0 spiro atoms. The lowest BCUT2D eigenvalue weighted by Crippen LogP contribution is -2.31. The number of rotatable bonds is 1. The summed E-state index contributed by atoms with van der Waals surface area (Å²) in [6.45, 7) is 2.00. The predicted octanol–water partition coefficient (Wildman–Crippen LogP) is 1.62. The van der Waals surface area contributed by atoms with E-state index in [4.69, 9.17) is 0 Å². The molecule has 0 unspecified atom stereocenters. The summed E-state index contributed by atoms with van der Waals surface area (Å²) in [7, 11) is 0. The molecule has 5 nitrogen and oxygen atoms in total. The van der Waals surface area contributed by atoms with Crippen molar-refractivity contribution < 1.29 is 9.59 Å². The van der Waals surface area contributed by atoms with Gasteiger partial charge in [-0.2, -0.15) is 0 Å². The van der Waals surface area contributed by atoms with E-state index in [2.05, 4.69) is 10.3 Å². The summed E-state index contributed by atoms with van der Waals surface area (Å²) in [6, 6.07) is 7.90. The highest BCUT2D eigenvalue weighted by Gasteiger charge is 2.52. The van der Waals surface area contributed by atoms with Gasteiger partial charge in [0.2, 0.25) is 11.8 Å². The first-order valence-corrected chi connectivity index (χ1v) is 8.55. The van der Waals surface area contributed by atoms with Gasteiger partial charge in [0.25, 0.3) is 0 Å². The average Bonchev–Trinajstić information content (AvgIpc) is 2.98. The maximum absolute atomic E-state index is 12.3. The zero-order chi connectivity index (χ0) is 15.4. The van der Waals surface area contributed by atoms with Crippen LogP contribution in [0.3, 0.4) is 0 Å². The fourth-order valence-corrected chi connectivity index (χ4v) is 5.55. The van der Waals surface area contributed by atoms with Crippen molar-refractivity contribution in [1.29, 1.82) is 0 Å². The molecule has 0 bridgehead atoms. The smallest absolute Gasteiger partial charge is 0.305 e. The second-order valence-electron chi connectivity index (χ2n) is 5.51. The lowest BCUT2D eigenvalue weighted by Gasteiger charge is -2.29. The van der Waals surface area contributed by atoms with Gasteiger partial charge in [-0.15, -0.1) is 0 Å². The molecular weight excluding hydrogens is 320 g/mol. The summed E-state index contributed by atoms with van der Waals surface area (Å²) >= 11 is 2.41. The van der Waals surface area contributed by atoms with Crippen LogP contribution in [0.1, 0.15) is 21.9 Å². The summed E-state index contributed by atoms with van der Waals surface area (Å²) in [4.78, 5) is 39.5. The predicted molar refractivity (Wildman–Crippen MR) is 84.2 cm³/mol. The molecule has 2 aliphatic rings. The molecule has 0 radical (unpaired) electrons. The number of thiazole rings is 1. The minimum atomic E-state index is -0.475. The molecule has 7 heteroatoms. The Kier molecular flexibility index (Phi) is 3.02. The molecule has 1 aromatic carbocycles. The van der Waals surface area contributed by atoms with E-state index in [0.717, 1.165) is 27.3 Å². The van der Waals surface area contributed by atoms with Gasteiger partial charge in [0.05, 0.1) is 10.9 Å². The Morgan fingerprint density at radius 1 is 1.05 bits per heavy atom. The first-order chi connectivity index (χ1) is 10.5. The number of benzene rings is 1. The number of nitrogens with one attached hydrogen (secondary N) is 2. The number of thioether (sulfide) groups is 1. The number of carbonyl (C=O) groups excluding carboxylic acids is 2. The standard InChI is InChI=1S/C15H12N2O3S2/c1-6-2-4-7(5-3-6)8-9-10(13(19)16-12(9)18)21-14-11(8)22-15(20)17-14/h2-5,8-10H,1H3,(H,17,20)(H,16,18,19)/t8-,9-,10-/m1/s1. The highest BCUT2D eigenvalue weighted by Crippen LogP contribution is 2.50. The van der Waals surface area contributed by atoms with Crippen LogP contribution >= 0.6 is 23.1 Å². The Bertz CT molecular complexity index is 837. The van der Waals surface area contributed by atoms with Gasteiger partial charge in [-0.05, 0) is 12.5 Å². The number of fused-ring (bicyclic) bond motifs is 2. The van der Waals surface area contributed by atoms with Gasteiger partial charge >= 0.3 is 4.87 Å². The van der Waals surface area contributed by atoms with Crippen molar-refractivity contribution in [2.24, 2.45) is 5.92 Å². The van der Waals surface area contributed by atoms with E-state index in [9.17, 15) is 14.4 Å². The van der Waals surface area contributed by atoms with Crippen LogP contribution in [0.15, 0.2) is 34.1 Å². The van der Waals surface area contributed by atoms with Crippen LogP contribution in [0.4, 0.5) is 0 Å². The van der Waals surface area contributed by atoms with Crippen molar-refractivity contribution in [2.45, 2.75) is 23.1 Å². The van der Waals surface area contributed by atoms with E-state index in [1.54, 1.807) is 0 Å². The molecule has 1 aromatic heterocycles. The number of carbonyl (C=O) groups is 2. The van der Waals surface area contributed by atoms with Crippen molar-refractivity contribution >= 4 is 34.9 Å². The average molecular weight is 332 g/mol. The molecule has 3 atom stereocenters. The first-order valence-electron chi connectivity index (χ1n) is 6.85. The molecule has 1 fully saturated rings. The quantitative estimate of drug-likeness (QED) is 0.778. The largest absolute Gasteiger partial charge is 0.307 e. The molecule has 2 amide bonds. The number of aromatic nitrogens is 1. The summed E-state index contributed by atoms with van der Waals surface area (Å²) in [6.07, 6.45) is 0. The number of aryl methyl sites for hydroxylation is 1. The molecule has 2 N–H and O–H groups in total. The van der Waals surface area contributed by atoms with Crippen LogP contribution in [0.2, 0.25) is 0 Å². The van der Waals surface area contributed by atoms with E-state index in [-0.39, 0.29) is 22.6 Å². The Hall–Kier alpha value is -1.86. The zero-order valence-electron chi connectivity index (χ0n) is 11.6. The third-order valence-corrected chi connectivity index (χ3v) is 6.51. The summed E-state index contributed by atoms with van der Waals surface area (Å²) in [5.41, 5.74) is 2.09. The second-order valence-corrected chi connectivity index (χ2v) is 7.68. The van der Waals surface area contributed by atoms with Gasteiger partial charge in [-0.25, -0.2) is 0 Å². The summed E-state index contributed by atoms with van der Waals surface area (Å²) in [5.74, 6) is -1.23. The molecule has 2 aromatic rings. The van der Waals surface area contributed by atoms with Crippen LogP contribution in [-0.4, -0.2) is 22.0 Å². The molecular formula is C15H12N2O3S2. The molecule has 0 aliphatic carbocycles. The maximum atomic E-state index is 12.3. The lowest BCUT2D eigenvalue weighted by atomic mass is 9.83. The van der Waals surface area contributed by atoms with Crippen LogP contribution < -0.4 is 10.2 Å². The topological polar surface area (TPSA) is 79.0 Å². The summed E-state index contributed by atoms with van der Waals surface area (Å²) < 4.78 is 0. The van der Waals surface area contributed by atoms with Gasteiger partial charge in [-0.3, -0.25) is 19.7 Å². The maximum Gasteiger partial charge on any atom is 0.305 e. The number of imide groups is 1. The van der Waals surface area contributed by atoms with Gasteiger partial charge < -0.3 is 4.98 Å². The number of H-pyrrole nitrogens is 1. The minimum Gasteiger partial charge on any atom is -0.307 e. The fourth-order valence-electron chi connectivity index (χ4n) is 3.07. The van der Waals surface area contributed by atoms with Crippen molar-refractivity contribution in [3.05, 3.63) is 49.9 Å². The third kappa shape index (κ3) is 1.96. The Morgan fingerprint density at radius 2 is 1.77 bits per heavy atom. The molecule has 112 valence electrons. The van der Waals surface area contributed by atoms with Crippen LogP contribution in [0.5, 0.6) is 0 Å². The van der Waals surface area contributed by atoms with Crippen molar-refractivity contribution in [3.63, 3.8) is 0 Å². The van der Waals surface area contributed by atoms with Crippen molar-refractivity contribution in [1.82, 2.24) is 10.3 Å². The van der Waals surface area contributed by atoms with Crippen LogP contribution in [0.25, 0.3) is 0 Å².